The highest BCUT2D eigenvalue weighted by Gasteiger charge is 2.24. The number of nitrogens with one attached hydrogen (secondary N) is 1. The first-order chi connectivity index (χ1) is 20.9. The topological polar surface area (TPSA) is 129 Å². The molecule has 0 spiro atoms. The number of oxazole rings is 1. The van der Waals surface area contributed by atoms with E-state index in [4.69, 9.17) is 18.9 Å². The Morgan fingerprint density at radius 2 is 1.98 bits per heavy atom. The van der Waals surface area contributed by atoms with Gasteiger partial charge in [0.15, 0.2) is 17.9 Å². The number of rotatable bonds is 12. The number of ether oxygens (including phenoxy) is 2. The van der Waals surface area contributed by atoms with Crippen LogP contribution in [0.2, 0.25) is 0 Å². The molecule has 0 radical (unpaired) electrons. The molecule has 3 aliphatic heterocycles. The molecule has 2 N–H and O–H groups in total. The molecule has 12 heteroatoms. The minimum atomic E-state index is -0.609. The first kappa shape index (κ1) is 29.5. The molecule has 230 valence electrons. The van der Waals surface area contributed by atoms with Gasteiger partial charge in [-0.05, 0) is 50.1 Å². The smallest absolute Gasteiger partial charge is 0.228 e. The fourth-order valence-electron chi connectivity index (χ4n) is 5.59. The maximum atomic E-state index is 13.3. The number of Topliss-reactive ketones (excluding diaryl/α,β-unsaturated/α-hetero) is 1. The van der Waals surface area contributed by atoms with Crippen molar-refractivity contribution in [3.05, 3.63) is 58.9 Å². The van der Waals surface area contributed by atoms with Crippen LogP contribution in [0.1, 0.15) is 45.9 Å². The fraction of sp³-hybridized carbons (Fsp3) is 0.548. The molecule has 2 saturated heterocycles. The molecule has 1 aromatic carbocycles. The summed E-state index contributed by atoms with van der Waals surface area (Å²) in [5.41, 5.74) is 3.71. The Labute approximate surface area is 252 Å². The fourth-order valence-corrected chi connectivity index (χ4v) is 5.59. The second kappa shape index (κ2) is 13.4. The molecule has 43 heavy (non-hydrogen) atoms. The van der Waals surface area contributed by atoms with E-state index >= 15 is 0 Å². The Hall–Kier alpha value is -3.58. The van der Waals surface area contributed by atoms with Crippen molar-refractivity contribution >= 4 is 17.5 Å². The van der Waals surface area contributed by atoms with Gasteiger partial charge in [-0.3, -0.25) is 9.69 Å². The minimum absolute atomic E-state index is 0.0817. The van der Waals surface area contributed by atoms with Crippen molar-refractivity contribution in [3.8, 4) is 5.75 Å². The quantitative estimate of drug-likeness (QED) is 0.300. The van der Waals surface area contributed by atoms with Gasteiger partial charge in [-0.2, -0.15) is 4.98 Å². The van der Waals surface area contributed by atoms with E-state index < -0.39 is 6.10 Å². The van der Waals surface area contributed by atoms with Crippen LogP contribution in [0, 0.1) is 6.92 Å². The summed E-state index contributed by atoms with van der Waals surface area (Å²) in [6.45, 7) is 9.08. The number of aryl methyl sites for hydroxylation is 1. The summed E-state index contributed by atoms with van der Waals surface area (Å²) in [4.78, 5) is 33.4. The van der Waals surface area contributed by atoms with Crippen LogP contribution < -0.4 is 15.0 Å². The molecule has 1 atom stereocenters. The lowest BCUT2D eigenvalue weighted by atomic mass is 9.98. The molecule has 2 aromatic heterocycles. The van der Waals surface area contributed by atoms with Crippen molar-refractivity contribution in [2.45, 2.75) is 51.5 Å². The maximum absolute atomic E-state index is 13.3. The summed E-state index contributed by atoms with van der Waals surface area (Å²) in [5, 5.41) is 14.2. The van der Waals surface area contributed by atoms with E-state index in [1.807, 2.05) is 13.0 Å². The van der Waals surface area contributed by atoms with Crippen molar-refractivity contribution in [2.24, 2.45) is 0 Å². The highest BCUT2D eigenvalue weighted by molar-refractivity contribution is 5.95. The number of aliphatic hydroxyl groups is 1. The van der Waals surface area contributed by atoms with Gasteiger partial charge in [-0.15, -0.1) is 0 Å². The number of hydrogen-bond acceptors (Lipinski definition) is 12. The van der Waals surface area contributed by atoms with Crippen LogP contribution in [0.4, 0.5) is 11.8 Å². The number of likely N-dealkylation sites (N-methyl/N-ethyl adjacent to an activating group) is 1. The van der Waals surface area contributed by atoms with Crippen molar-refractivity contribution in [3.63, 3.8) is 0 Å². The molecule has 3 aromatic rings. The Morgan fingerprint density at radius 3 is 2.72 bits per heavy atom. The van der Waals surface area contributed by atoms with Crippen LogP contribution >= 0.6 is 0 Å². The summed E-state index contributed by atoms with van der Waals surface area (Å²) in [6.07, 6.45) is 2.30. The molecule has 0 unspecified atom stereocenters. The number of ketones is 1. The highest BCUT2D eigenvalue weighted by Crippen LogP contribution is 2.25. The molecule has 3 aliphatic rings. The molecule has 6 rings (SSSR count). The largest absolute Gasteiger partial charge is 0.486 e. The van der Waals surface area contributed by atoms with Gasteiger partial charge in [0.2, 0.25) is 5.95 Å². The van der Waals surface area contributed by atoms with E-state index in [9.17, 15) is 9.90 Å². The van der Waals surface area contributed by atoms with Crippen LogP contribution in [0.15, 0.2) is 35.1 Å². The zero-order valence-corrected chi connectivity index (χ0v) is 25.0. The molecule has 0 saturated carbocycles. The zero-order valence-electron chi connectivity index (χ0n) is 25.0. The van der Waals surface area contributed by atoms with Gasteiger partial charge in [0, 0.05) is 58.3 Å². The monoisotopic (exact) mass is 591 g/mol. The number of fused-ring (bicyclic) bond motifs is 1. The summed E-state index contributed by atoms with van der Waals surface area (Å²) < 4.78 is 16.6. The number of β-amino-alcohol motifs (C(OH)–C–C–N with tert-alkyl or cyclic N) is 1. The van der Waals surface area contributed by atoms with E-state index in [1.165, 1.54) is 17.5 Å². The highest BCUT2D eigenvalue weighted by atomic mass is 16.5. The number of piperazine rings is 1. The van der Waals surface area contributed by atoms with E-state index in [0.29, 0.717) is 50.2 Å². The number of anilines is 2. The zero-order chi connectivity index (χ0) is 29.8. The Balaban J connectivity index is 1.01. The normalized spacial score (nSPS) is 18.6. The van der Waals surface area contributed by atoms with Gasteiger partial charge in [0.25, 0.3) is 0 Å². The molecule has 2 fully saturated rings. The molecule has 12 nitrogen and oxygen atoms in total. The molecule has 0 aliphatic carbocycles. The second-order valence-corrected chi connectivity index (χ2v) is 11.8. The van der Waals surface area contributed by atoms with Gasteiger partial charge < -0.3 is 34.1 Å². The number of aromatic nitrogens is 3. The molecule has 0 bridgehead atoms. The molecular formula is C31H41N7O5. The van der Waals surface area contributed by atoms with Crippen LogP contribution in [0.5, 0.6) is 5.75 Å². The summed E-state index contributed by atoms with van der Waals surface area (Å²) in [5.74, 6) is 2.68. The molecule has 5 heterocycles. The van der Waals surface area contributed by atoms with Crippen LogP contribution in [-0.4, -0.2) is 107 Å². The average Bonchev–Trinajstić information content (AvgIpc) is 3.41. The van der Waals surface area contributed by atoms with Gasteiger partial charge in [-0.25, -0.2) is 9.97 Å². The van der Waals surface area contributed by atoms with E-state index in [1.54, 1.807) is 6.07 Å². The Kier molecular flexibility index (Phi) is 9.17. The van der Waals surface area contributed by atoms with Crippen LogP contribution in [-0.2, 0) is 24.3 Å². The second-order valence-electron chi connectivity index (χ2n) is 11.8. The SMILES string of the molecule is Cc1ncoc1COc1ccc2c(c1)CCN(C[C@@H](O)CCC(=O)c1cc(NC3COC3)nc(N3CCN(C)CC3)n1)C2. The lowest BCUT2D eigenvalue weighted by Gasteiger charge is -2.33. The van der Waals surface area contributed by atoms with Crippen LogP contribution in [0.3, 0.4) is 0 Å². The van der Waals surface area contributed by atoms with E-state index in [-0.39, 0.29) is 18.2 Å². The minimum Gasteiger partial charge on any atom is -0.486 e. The third-order valence-corrected chi connectivity index (χ3v) is 8.43. The summed E-state index contributed by atoms with van der Waals surface area (Å²) in [7, 11) is 2.10. The first-order valence-electron chi connectivity index (χ1n) is 15.1. The van der Waals surface area contributed by atoms with Crippen molar-refractivity contribution in [1.82, 2.24) is 24.8 Å². The number of carbonyl (C=O) groups is 1. The lowest BCUT2D eigenvalue weighted by Crippen LogP contribution is -2.45. The first-order valence-corrected chi connectivity index (χ1v) is 15.1. The predicted molar refractivity (Wildman–Crippen MR) is 161 cm³/mol. The van der Waals surface area contributed by atoms with E-state index in [2.05, 4.69) is 49.2 Å². The van der Waals surface area contributed by atoms with Crippen molar-refractivity contribution in [1.29, 1.82) is 0 Å². The Morgan fingerprint density at radius 1 is 1.14 bits per heavy atom. The van der Waals surface area contributed by atoms with Crippen LogP contribution in [0.25, 0.3) is 0 Å². The number of hydrogen-bond donors (Lipinski definition) is 2. The van der Waals surface area contributed by atoms with E-state index in [0.717, 1.165) is 62.9 Å². The van der Waals surface area contributed by atoms with Gasteiger partial charge in [0.1, 0.15) is 23.9 Å². The van der Waals surface area contributed by atoms with Gasteiger partial charge in [0.05, 0.1) is 31.1 Å². The van der Waals surface area contributed by atoms with Crippen molar-refractivity contribution < 1.29 is 23.8 Å². The summed E-state index contributed by atoms with van der Waals surface area (Å²) in [6, 6.07) is 8.08. The number of carbonyl (C=O) groups excluding carboxylic acids is 1. The predicted octanol–water partition coefficient (Wildman–Crippen LogP) is 2.30. The number of benzene rings is 1. The number of aliphatic hydroxyl groups excluding tert-OH is 1. The third kappa shape index (κ3) is 7.50. The molecular weight excluding hydrogens is 550 g/mol. The summed E-state index contributed by atoms with van der Waals surface area (Å²) >= 11 is 0. The van der Waals surface area contributed by atoms with Crippen molar-refractivity contribution in [2.75, 3.05) is 69.7 Å². The number of nitrogens with zero attached hydrogens (tertiary/aromatic N) is 6. The maximum Gasteiger partial charge on any atom is 0.228 e. The Bertz CT molecular complexity index is 1400. The average molecular weight is 592 g/mol. The lowest BCUT2D eigenvalue weighted by molar-refractivity contribution is 0.0209. The third-order valence-electron chi connectivity index (χ3n) is 8.43. The van der Waals surface area contributed by atoms with Gasteiger partial charge >= 0.3 is 0 Å². The molecule has 0 amide bonds. The standard InChI is InChI=1S/C31H41N7O5/c1-21-29(43-20-32-21)19-42-26-5-3-23-15-37(8-7-22(23)13-26)16-25(39)4-6-28(40)27-14-30(33-24-17-41-18-24)35-31(34-27)38-11-9-36(2)10-12-38/h3,5,13-14,20,24-25,39H,4,6-12,15-19H2,1-2H3,(H,33,34,35)/t25-/m0/s1. The van der Waals surface area contributed by atoms with Gasteiger partial charge in [-0.1, -0.05) is 6.07 Å².